The van der Waals surface area contributed by atoms with Crippen LogP contribution in [0.2, 0.25) is 0 Å². The fourth-order valence-electron chi connectivity index (χ4n) is 1.08. The molecule has 0 bridgehead atoms. The summed E-state index contributed by atoms with van der Waals surface area (Å²) in [4.78, 5) is 0. The number of hydrogen-bond donors (Lipinski definition) is 1. The molecule has 11 heavy (non-hydrogen) atoms. The van der Waals surface area contributed by atoms with E-state index in [9.17, 15) is 0 Å². The second-order valence-corrected chi connectivity index (χ2v) is 4.38. The first kappa shape index (κ1) is 7.36. The third-order valence-corrected chi connectivity index (χ3v) is 3.81. The average Bonchev–Trinajstić information content (AvgIpc) is 2.34. The summed E-state index contributed by atoms with van der Waals surface area (Å²) in [6.07, 6.45) is 0. The number of benzene rings is 1. The summed E-state index contributed by atoms with van der Waals surface area (Å²) >= 11 is 4.05. The van der Waals surface area contributed by atoms with Crippen molar-refractivity contribution in [1.29, 1.82) is 0 Å². The molecule has 0 amide bonds. The molecule has 0 saturated heterocycles. The monoisotopic (exact) mass is 275 g/mol. The summed E-state index contributed by atoms with van der Waals surface area (Å²) in [6.45, 7) is 0. The van der Waals surface area contributed by atoms with Crippen LogP contribution in [-0.4, -0.2) is 0 Å². The molecule has 1 nitrogen and oxygen atoms in total. The Morgan fingerprint density at radius 2 is 2.18 bits per heavy atom. The van der Waals surface area contributed by atoms with Crippen LogP contribution in [0, 0.1) is 3.57 Å². The van der Waals surface area contributed by atoms with E-state index < -0.39 is 0 Å². The lowest BCUT2D eigenvalue weighted by molar-refractivity contribution is 1.78. The number of fused-ring (bicyclic) bond motifs is 1. The lowest BCUT2D eigenvalue weighted by atomic mass is 10.2. The molecule has 1 heterocycles. The molecule has 0 radical (unpaired) electrons. The quantitative estimate of drug-likeness (QED) is 0.580. The summed E-state index contributed by atoms with van der Waals surface area (Å²) in [5, 5.41) is 3.33. The Bertz CT molecular complexity index is 394. The fourth-order valence-corrected chi connectivity index (χ4v) is 3.09. The van der Waals surface area contributed by atoms with Crippen LogP contribution in [0.5, 0.6) is 0 Å². The Hall–Kier alpha value is -0.290. The second kappa shape index (κ2) is 2.64. The summed E-state index contributed by atoms with van der Waals surface area (Å²) in [5.74, 6) is 0. The molecule has 3 heteroatoms. The number of nitrogen functional groups attached to an aromatic ring is 1. The van der Waals surface area contributed by atoms with Crippen LogP contribution >= 0.6 is 33.9 Å². The van der Waals surface area contributed by atoms with E-state index in [2.05, 4.69) is 34.0 Å². The molecule has 0 aliphatic carbocycles. The Kier molecular flexibility index (Phi) is 1.77. The number of anilines is 1. The van der Waals surface area contributed by atoms with Crippen LogP contribution in [0.15, 0.2) is 23.6 Å². The molecule has 0 aliphatic rings. The van der Waals surface area contributed by atoms with E-state index in [1.165, 1.54) is 13.7 Å². The van der Waals surface area contributed by atoms with Gasteiger partial charge in [-0.25, -0.2) is 0 Å². The van der Waals surface area contributed by atoms with E-state index in [4.69, 9.17) is 5.73 Å². The number of hydrogen-bond acceptors (Lipinski definition) is 2. The molecule has 2 N–H and O–H groups in total. The molecule has 56 valence electrons. The van der Waals surface area contributed by atoms with Gasteiger partial charge in [-0.1, -0.05) is 6.07 Å². The smallest absolute Gasteiger partial charge is 0.0413 e. The zero-order valence-electron chi connectivity index (χ0n) is 5.67. The van der Waals surface area contributed by atoms with Crippen LogP contribution in [-0.2, 0) is 0 Å². The van der Waals surface area contributed by atoms with Crippen molar-refractivity contribution in [2.75, 3.05) is 5.73 Å². The van der Waals surface area contributed by atoms with Gasteiger partial charge in [0.25, 0.3) is 0 Å². The van der Waals surface area contributed by atoms with E-state index in [1.807, 2.05) is 12.1 Å². The minimum Gasteiger partial charge on any atom is -0.398 e. The summed E-state index contributed by atoms with van der Waals surface area (Å²) in [7, 11) is 0. The van der Waals surface area contributed by atoms with Gasteiger partial charge in [0, 0.05) is 24.7 Å². The molecule has 2 aromatic rings. The third-order valence-electron chi connectivity index (χ3n) is 1.59. The van der Waals surface area contributed by atoms with E-state index in [-0.39, 0.29) is 0 Å². The molecular weight excluding hydrogens is 269 g/mol. The highest BCUT2D eigenvalue weighted by atomic mass is 127. The molecule has 0 unspecified atom stereocenters. The van der Waals surface area contributed by atoms with E-state index in [1.54, 1.807) is 11.3 Å². The highest BCUT2D eigenvalue weighted by Crippen LogP contribution is 2.31. The number of rotatable bonds is 0. The van der Waals surface area contributed by atoms with Crippen LogP contribution in [0.4, 0.5) is 5.69 Å². The van der Waals surface area contributed by atoms with Gasteiger partial charge in [-0.2, -0.15) is 0 Å². The zero-order valence-corrected chi connectivity index (χ0v) is 8.65. The maximum absolute atomic E-state index is 5.80. The molecule has 1 aromatic heterocycles. The molecular formula is C8H6INS. The third kappa shape index (κ3) is 1.12. The van der Waals surface area contributed by atoms with Crippen molar-refractivity contribution in [3.05, 3.63) is 27.1 Å². The molecule has 2 rings (SSSR count). The number of halogens is 1. The van der Waals surface area contributed by atoms with Crippen molar-refractivity contribution in [3.8, 4) is 0 Å². The van der Waals surface area contributed by atoms with Gasteiger partial charge < -0.3 is 5.73 Å². The Morgan fingerprint density at radius 1 is 1.36 bits per heavy atom. The highest BCUT2D eigenvalue weighted by Gasteiger charge is 2.02. The van der Waals surface area contributed by atoms with E-state index >= 15 is 0 Å². The van der Waals surface area contributed by atoms with Crippen LogP contribution < -0.4 is 5.73 Å². The second-order valence-electron chi connectivity index (χ2n) is 2.30. The Labute approximate surface area is 82.4 Å². The molecule has 0 fully saturated rings. The van der Waals surface area contributed by atoms with E-state index in [0.717, 1.165) is 5.69 Å². The van der Waals surface area contributed by atoms with Crippen molar-refractivity contribution in [2.24, 2.45) is 0 Å². The minimum atomic E-state index is 0.883. The van der Waals surface area contributed by atoms with Gasteiger partial charge in [0.1, 0.15) is 0 Å². The first-order valence-electron chi connectivity index (χ1n) is 3.20. The number of nitrogens with two attached hydrogens (primary N) is 1. The van der Waals surface area contributed by atoms with Crippen LogP contribution in [0.25, 0.3) is 10.1 Å². The zero-order chi connectivity index (χ0) is 7.84. The molecule has 0 aliphatic heterocycles. The fraction of sp³-hybridized carbons (Fsp3) is 0. The van der Waals surface area contributed by atoms with Gasteiger partial charge in [-0.15, -0.1) is 11.3 Å². The van der Waals surface area contributed by atoms with E-state index in [0.29, 0.717) is 0 Å². The van der Waals surface area contributed by atoms with Gasteiger partial charge in [0.05, 0.1) is 0 Å². The van der Waals surface area contributed by atoms with Crippen molar-refractivity contribution in [3.63, 3.8) is 0 Å². The van der Waals surface area contributed by atoms with Crippen molar-refractivity contribution >= 4 is 49.7 Å². The predicted molar refractivity (Wildman–Crippen MR) is 59.0 cm³/mol. The lowest BCUT2D eigenvalue weighted by Gasteiger charge is -1.94. The summed E-state index contributed by atoms with van der Waals surface area (Å²) in [5.41, 5.74) is 6.69. The first-order chi connectivity index (χ1) is 5.29. The van der Waals surface area contributed by atoms with Crippen molar-refractivity contribution in [1.82, 2.24) is 0 Å². The first-order valence-corrected chi connectivity index (χ1v) is 5.16. The van der Waals surface area contributed by atoms with Gasteiger partial charge >= 0.3 is 0 Å². The molecule has 1 aromatic carbocycles. The Balaban J connectivity index is 2.96. The molecule has 0 saturated carbocycles. The molecule has 0 atom stereocenters. The lowest BCUT2D eigenvalue weighted by Crippen LogP contribution is -1.84. The maximum Gasteiger partial charge on any atom is 0.0413 e. The van der Waals surface area contributed by atoms with Crippen molar-refractivity contribution in [2.45, 2.75) is 0 Å². The van der Waals surface area contributed by atoms with Gasteiger partial charge in [-0.3, -0.25) is 0 Å². The molecule has 0 spiro atoms. The normalized spacial score (nSPS) is 10.6. The SMILES string of the molecule is Nc1cccc2scc(I)c12. The van der Waals surface area contributed by atoms with Crippen LogP contribution in [0.3, 0.4) is 0 Å². The van der Waals surface area contributed by atoms with Gasteiger partial charge in [0.15, 0.2) is 0 Å². The average molecular weight is 275 g/mol. The van der Waals surface area contributed by atoms with Gasteiger partial charge in [0.2, 0.25) is 0 Å². The highest BCUT2D eigenvalue weighted by molar-refractivity contribution is 14.1. The Morgan fingerprint density at radius 3 is 2.91 bits per heavy atom. The van der Waals surface area contributed by atoms with Crippen molar-refractivity contribution < 1.29 is 0 Å². The van der Waals surface area contributed by atoms with Gasteiger partial charge in [-0.05, 0) is 34.7 Å². The van der Waals surface area contributed by atoms with Crippen LogP contribution in [0.1, 0.15) is 0 Å². The topological polar surface area (TPSA) is 26.0 Å². The largest absolute Gasteiger partial charge is 0.398 e. The maximum atomic E-state index is 5.80. The summed E-state index contributed by atoms with van der Waals surface area (Å²) in [6, 6.07) is 6.03. The number of thiophene rings is 1. The summed E-state index contributed by atoms with van der Waals surface area (Å²) < 4.78 is 2.52. The standard InChI is InChI=1S/C8H6INS/c9-5-4-11-7-3-1-2-6(10)8(5)7/h1-4H,10H2. The minimum absolute atomic E-state index is 0.883. The predicted octanol–water partition coefficient (Wildman–Crippen LogP) is 3.09.